The highest BCUT2D eigenvalue weighted by Gasteiger charge is 1.82. The zero-order valence-corrected chi connectivity index (χ0v) is 5.31. The molecule has 50 valence electrons. The van der Waals surface area contributed by atoms with Gasteiger partial charge in [-0.1, -0.05) is 0 Å². The molecule has 3 N–H and O–H groups in total. The van der Waals surface area contributed by atoms with Crippen LogP contribution >= 0.6 is 0 Å². The van der Waals surface area contributed by atoms with Gasteiger partial charge in [-0.05, 0) is 19.4 Å². The van der Waals surface area contributed by atoms with Crippen molar-refractivity contribution in [2.24, 2.45) is 5.73 Å². The van der Waals surface area contributed by atoms with Crippen LogP contribution in [0.3, 0.4) is 0 Å². The van der Waals surface area contributed by atoms with Crippen molar-refractivity contribution >= 4 is 0 Å². The van der Waals surface area contributed by atoms with Crippen LogP contribution in [0.15, 0.2) is 0 Å². The van der Waals surface area contributed by atoms with E-state index >= 15 is 0 Å². The molecular formula is C5H14N2O. The molecule has 0 atom stereocenters. The highest BCUT2D eigenvalue weighted by atomic mass is 16.6. The van der Waals surface area contributed by atoms with E-state index in [4.69, 9.17) is 10.6 Å². The first-order valence-corrected chi connectivity index (χ1v) is 2.90. The van der Waals surface area contributed by atoms with Crippen LogP contribution in [0.2, 0.25) is 0 Å². The van der Waals surface area contributed by atoms with Crippen LogP contribution in [0.1, 0.15) is 12.8 Å². The van der Waals surface area contributed by atoms with Gasteiger partial charge in [0.15, 0.2) is 0 Å². The molecule has 0 radical (unpaired) electrons. The Bertz CT molecular complexity index is 35.4. The lowest BCUT2D eigenvalue weighted by Gasteiger charge is -1.97. The van der Waals surface area contributed by atoms with Gasteiger partial charge in [0.05, 0.1) is 6.61 Å². The summed E-state index contributed by atoms with van der Waals surface area (Å²) in [5.74, 6) is 0. The van der Waals surface area contributed by atoms with Crippen LogP contribution in [0.25, 0.3) is 0 Å². The Hall–Kier alpha value is -0.120. The first kappa shape index (κ1) is 7.88. The summed E-state index contributed by atoms with van der Waals surface area (Å²) in [4.78, 5) is 4.83. The smallest absolute Gasteiger partial charge is 0.0682 e. The van der Waals surface area contributed by atoms with E-state index in [1.165, 1.54) is 0 Å². The van der Waals surface area contributed by atoms with E-state index in [2.05, 4.69) is 5.48 Å². The van der Waals surface area contributed by atoms with Gasteiger partial charge < -0.3 is 10.6 Å². The lowest BCUT2D eigenvalue weighted by atomic mass is 10.3. The van der Waals surface area contributed by atoms with Crippen molar-refractivity contribution in [1.82, 2.24) is 5.48 Å². The van der Waals surface area contributed by atoms with Gasteiger partial charge in [0, 0.05) is 7.05 Å². The molecule has 0 aliphatic carbocycles. The molecule has 0 rings (SSSR count). The number of hydroxylamine groups is 1. The number of rotatable bonds is 5. The highest BCUT2D eigenvalue weighted by molar-refractivity contribution is 4.36. The summed E-state index contributed by atoms with van der Waals surface area (Å²) in [5, 5.41) is 0. The quantitative estimate of drug-likeness (QED) is 0.390. The Morgan fingerprint density at radius 1 is 1.50 bits per heavy atom. The van der Waals surface area contributed by atoms with Crippen LogP contribution in [0.5, 0.6) is 0 Å². The van der Waals surface area contributed by atoms with Gasteiger partial charge in [-0.25, -0.2) is 5.48 Å². The number of hydrogen-bond donors (Lipinski definition) is 2. The minimum Gasteiger partial charge on any atom is -0.330 e. The fourth-order valence-corrected chi connectivity index (χ4v) is 0.421. The summed E-state index contributed by atoms with van der Waals surface area (Å²) < 4.78 is 0. The van der Waals surface area contributed by atoms with Gasteiger partial charge in [-0.2, -0.15) is 0 Å². The summed E-state index contributed by atoms with van der Waals surface area (Å²) in [5.41, 5.74) is 7.82. The second-order valence-electron chi connectivity index (χ2n) is 1.55. The second-order valence-corrected chi connectivity index (χ2v) is 1.55. The van der Waals surface area contributed by atoms with Gasteiger partial charge in [0.1, 0.15) is 0 Å². The molecule has 0 saturated heterocycles. The van der Waals surface area contributed by atoms with Crippen molar-refractivity contribution in [3.63, 3.8) is 0 Å². The van der Waals surface area contributed by atoms with Gasteiger partial charge >= 0.3 is 0 Å². The summed E-state index contributed by atoms with van der Waals surface area (Å²) in [6, 6.07) is 0. The van der Waals surface area contributed by atoms with Crippen molar-refractivity contribution in [2.45, 2.75) is 12.8 Å². The van der Waals surface area contributed by atoms with Crippen LogP contribution in [-0.2, 0) is 4.84 Å². The van der Waals surface area contributed by atoms with Gasteiger partial charge in [-0.3, -0.25) is 0 Å². The lowest BCUT2D eigenvalue weighted by molar-refractivity contribution is 0.0556. The van der Waals surface area contributed by atoms with E-state index < -0.39 is 0 Å². The molecule has 3 nitrogen and oxygen atoms in total. The molecule has 0 unspecified atom stereocenters. The monoisotopic (exact) mass is 118 g/mol. The molecule has 0 aromatic rings. The van der Waals surface area contributed by atoms with E-state index in [1.54, 1.807) is 7.05 Å². The minimum absolute atomic E-state index is 0.757. The van der Waals surface area contributed by atoms with Crippen molar-refractivity contribution in [3.8, 4) is 0 Å². The molecule has 0 aliphatic rings. The molecule has 0 aromatic heterocycles. The van der Waals surface area contributed by atoms with E-state index in [0.717, 1.165) is 26.0 Å². The standard InChI is InChI=1S/C5H14N2O/c1-7-8-5-3-2-4-6/h7H,2-6H2,1H3. The normalized spacial score (nSPS) is 9.75. The Labute approximate surface area is 50.2 Å². The second kappa shape index (κ2) is 6.88. The minimum atomic E-state index is 0.757. The van der Waals surface area contributed by atoms with Crippen LogP contribution in [-0.4, -0.2) is 20.2 Å². The predicted octanol–water partition coefficient (Wildman–Crippen LogP) is -0.124. The molecule has 3 heteroatoms. The maximum atomic E-state index is 5.23. The van der Waals surface area contributed by atoms with E-state index in [-0.39, 0.29) is 0 Å². The SMILES string of the molecule is CNOCCCCN. The molecule has 0 aromatic carbocycles. The lowest BCUT2D eigenvalue weighted by Crippen LogP contribution is -2.09. The molecule has 8 heavy (non-hydrogen) atoms. The van der Waals surface area contributed by atoms with Crippen molar-refractivity contribution in [1.29, 1.82) is 0 Å². The number of hydrogen-bond acceptors (Lipinski definition) is 3. The van der Waals surface area contributed by atoms with Crippen LogP contribution in [0, 0.1) is 0 Å². The Morgan fingerprint density at radius 2 is 2.25 bits per heavy atom. The average molecular weight is 118 g/mol. The molecule has 0 spiro atoms. The third-order valence-electron chi connectivity index (χ3n) is 0.845. The zero-order valence-electron chi connectivity index (χ0n) is 5.31. The molecule has 0 amide bonds. The van der Waals surface area contributed by atoms with Crippen molar-refractivity contribution in [2.75, 3.05) is 20.2 Å². The third-order valence-corrected chi connectivity index (χ3v) is 0.845. The van der Waals surface area contributed by atoms with E-state index in [0.29, 0.717) is 0 Å². The molecule has 0 aliphatic heterocycles. The molecule has 0 fully saturated rings. The average Bonchev–Trinajstić information content (AvgIpc) is 1.81. The van der Waals surface area contributed by atoms with Crippen molar-refractivity contribution < 1.29 is 4.84 Å². The fourth-order valence-electron chi connectivity index (χ4n) is 0.421. The largest absolute Gasteiger partial charge is 0.330 e. The van der Waals surface area contributed by atoms with Gasteiger partial charge in [0.25, 0.3) is 0 Å². The maximum Gasteiger partial charge on any atom is 0.0682 e. The summed E-state index contributed by atoms with van der Waals surface area (Å²) >= 11 is 0. The number of nitrogens with one attached hydrogen (secondary N) is 1. The van der Waals surface area contributed by atoms with E-state index in [9.17, 15) is 0 Å². The van der Waals surface area contributed by atoms with Crippen LogP contribution in [0.4, 0.5) is 0 Å². The Kier molecular flexibility index (Phi) is 6.78. The fraction of sp³-hybridized carbons (Fsp3) is 1.00. The third kappa shape index (κ3) is 5.88. The Morgan fingerprint density at radius 3 is 2.75 bits per heavy atom. The van der Waals surface area contributed by atoms with E-state index in [1.807, 2.05) is 0 Å². The van der Waals surface area contributed by atoms with Crippen molar-refractivity contribution in [3.05, 3.63) is 0 Å². The maximum absolute atomic E-state index is 5.23. The molecule has 0 bridgehead atoms. The molecule has 0 saturated carbocycles. The Balaban J connectivity index is 2.53. The van der Waals surface area contributed by atoms with Gasteiger partial charge in [-0.15, -0.1) is 0 Å². The summed E-state index contributed by atoms with van der Waals surface area (Å²) in [6.07, 6.45) is 2.08. The van der Waals surface area contributed by atoms with Gasteiger partial charge in [0.2, 0.25) is 0 Å². The number of nitrogens with two attached hydrogens (primary N) is 1. The first-order chi connectivity index (χ1) is 3.91. The molecule has 0 heterocycles. The van der Waals surface area contributed by atoms with Crippen LogP contribution < -0.4 is 11.2 Å². The first-order valence-electron chi connectivity index (χ1n) is 2.90. The molecular weight excluding hydrogens is 104 g/mol. The predicted molar refractivity (Wildman–Crippen MR) is 33.3 cm³/mol. The highest BCUT2D eigenvalue weighted by Crippen LogP contribution is 1.83. The zero-order chi connectivity index (χ0) is 6.24. The number of unbranched alkanes of at least 4 members (excludes halogenated alkanes) is 1. The summed E-state index contributed by atoms with van der Waals surface area (Å²) in [7, 11) is 1.75. The topological polar surface area (TPSA) is 47.3 Å². The summed E-state index contributed by atoms with van der Waals surface area (Å²) in [6.45, 7) is 1.51.